The molecule has 3 aromatic rings. The van der Waals surface area contributed by atoms with Gasteiger partial charge in [0.05, 0.1) is 11.9 Å². The summed E-state index contributed by atoms with van der Waals surface area (Å²) in [5, 5.41) is 11.3. The van der Waals surface area contributed by atoms with Crippen LogP contribution in [0.4, 0.5) is 5.69 Å². The van der Waals surface area contributed by atoms with Crippen molar-refractivity contribution in [1.82, 2.24) is 10.2 Å². The number of nitrogens with one attached hydrogen (secondary N) is 1. The van der Waals surface area contributed by atoms with Crippen LogP contribution < -0.4 is 14.8 Å². The van der Waals surface area contributed by atoms with Gasteiger partial charge < -0.3 is 14.8 Å². The van der Waals surface area contributed by atoms with E-state index < -0.39 is 0 Å². The molecule has 0 fully saturated rings. The SMILES string of the molecule is CC(C)Oc1nnc(SCC(=O)Nc2ccc(Oc3ccccc3)cc2)s1. The smallest absolute Gasteiger partial charge is 0.295 e. The van der Waals surface area contributed by atoms with Crippen LogP contribution in [-0.2, 0) is 4.79 Å². The Bertz CT molecular complexity index is 867. The maximum atomic E-state index is 12.1. The normalized spacial score (nSPS) is 10.6. The fourth-order valence-corrected chi connectivity index (χ4v) is 3.66. The second-order valence-electron chi connectivity index (χ2n) is 5.78. The summed E-state index contributed by atoms with van der Waals surface area (Å²) in [6, 6.07) is 16.8. The molecule has 0 aliphatic rings. The van der Waals surface area contributed by atoms with Crippen molar-refractivity contribution in [3.63, 3.8) is 0 Å². The molecule has 140 valence electrons. The monoisotopic (exact) mass is 401 g/mol. The number of carbonyl (C=O) groups is 1. The van der Waals surface area contributed by atoms with Crippen molar-refractivity contribution in [2.24, 2.45) is 0 Å². The van der Waals surface area contributed by atoms with Crippen LogP contribution in [-0.4, -0.2) is 28.0 Å². The Morgan fingerprint density at radius 2 is 1.78 bits per heavy atom. The highest BCUT2D eigenvalue weighted by molar-refractivity contribution is 8.01. The molecule has 1 amide bonds. The molecule has 0 aliphatic heterocycles. The first-order valence-electron chi connectivity index (χ1n) is 8.34. The van der Waals surface area contributed by atoms with E-state index >= 15 is 0 Å². The van der Waals surface area contributed by atoms with E-state index in [9.17, 15) is 4.79 Å². The number of benzene rings is 2. The Morgan fingerprint density at radius 3 is 2.48 bits per heavy atom. The molecule has 0 spiro atoms. The van der Waals surface area contributed by atoms with Crippen LogP contribution in [0.5, 0.6) is 16.7 Å². The van der Waals surface area contributed by atoms with Crippen LogP contribution in [0.3, 0.4) is 0 Å². The van der Waals surface area contributed by atoms with Gasteiger partial charge in [-0.15, -0.1) is 5.10 Å². The highest BCUT2D eigenvalue weighted by atomic mass is 32.2. The van der Waals surface area contributed by atoms with Crippen LogP contribution in [0.15, 0.2) is 58.9 Å². The minimum Gasteiger partial charge on any atom is -0.466 e. The van der Waals surface area contributed by atoms with Crippen molar-refractivity contribution < 1.29 is 14.3 Å². The molecule has 2 aromatic carbocycles. The molecule has 0 radical (unpaired) electrons. The average Bonchev–Trinajstić information content (AvgIpc) is 3.09. The van der Waals surface area contributed by atoms with E-state index in [0.29, 0.717) is 21.0 Å². The quantitative estimate of drug-likeness (QED) is 0.544. The van der Waals surface area contributed by atoms with Gasteiger partial charge in [-0.3, -0.25) is 4.79 Å². The average molecular weight is 402 g/mol. The summed E-state index contributed by atoms with van der Waals surface area (Å²) in [6.07, 6.45) is 0.0490. The third-order valence-electron chi connectivity index (χ3n) is 3.17. The minimum absolute atomic E-state index is 0.0490. The molecule has 0 bridgehead atoms. The van der Waals surface area contributed by atoms with Crippen LogP contribution in [0, 0.1) is 0 Å². The molecule has 0 unspecified atom stereocenters. The third-order valence-corrected chi connectivity index (χ3v) is 5.12. The number of anilines is 1. The summed E-state index contributed by atoms with van der Waals surface area (Å²) in [4.78, 5) is 12.1. The molecule has 1 heterocycles. The molecule has 8 heteroatoms. The van der Waals surface area contributed by atoms with Crippen molar-refractivity contribution in [1.29, 1.82) is 0 Å². The lowest BCUT2D eigenvalue weighted by Gasteiger charge is -2.07. The molecule has 0 saturated heterocycles. The molecule has 0 atom stereocenters. The Hall–Kier alpha value is -2.58. The zero-order chi connectivity index (χ0) is 19.1. The van der Waals surface area contributed by atoms with Crippen LogP contribution in [0.25, 0.3) is 0 Å². The van der Waals surface area contributed by atoms with Crippen LogP contribution >= 0.6 is 23.1 Å². The van der Waals surface area contributed by atoms with Crippen LogP contribution in [0.1, 0.15) is 13.8 Å². The zero-order valence-corrected chi connectivity index (χ0v) is 16.5. The number of thioether (sulfide) groups is 1. The van der Waals surface area contributed by atoms with Crippen molar-refractivity contribution in [3.05, 3.63) is 54.6 Å². The Labute approximate surface area is 165 Å². The third kappa shape index (κ3) is 6.26. The van der Waals surface area contributed by atoms with Crippen molar-refractivity contribution in [3.8, 4) is 16.7 Å². The summed E-state index contributed by atoms with van der Waals surface area (Å²) in [5.41, 5.74) is 0.710. The lowest BCUT2D eigenvalue weighted by Crippen LogP contribution is -2.13. The second kappa shape index (κ2) is 9.38. The number of rotatable bonds is 8. The number of para-hydroxylation sites is 1. The van der Waals surface area contributed by atoms with Gasteiger partial charge in [0.15, 0.2) is 4.34 Å². The maximum absolute atomic E-state index is 12.1. The van der Waals surface area contributed by atoms with Gasteiger partial charge in [-0.2, -0.15) is 0 Å². The summed E-state index contributed by atoms with van der Waals surface area (Å²) < 4.78 is 11.9. The molecule has 27 heavy (non-hydrogen) atoms. The Balaban J connectivity index is 1.47. The van der Waals surface area contributed by atoms with E-state index in [-0.39, 0.29) is 17.8 Å². The topological polar surface area (TPSA) is 73.3 Å². The van der Waals surface area contributed by atoms with Crippen molar-refractivity contribution >= 4 is 34.7 Å². The van der Waals surface area contributed by atoms with Crippen molar-refractivity contribution in [2.45, 2.75) is 24.3 Å². The molecular weight excluding hydrogens is 382 g/mol. The predicted molar refractivity (Wildman–Crippen MR) is 108 cm³/mol. The van der Waals surface area contributed by atoms with Gasteiger partial charge >= 0.3 is 0 Å². The molecule has 0 saturated carbocycles. The van der Waals surface area contributed by atoms with E-state index in [1.807, 2.05) is 56.3 Å². The summed E-state index contributed by atoms with van der Waals surface area (Å²) in [7, 11) is 0. The maximum Gasteiger partial charge on any atom is 0.295 e. The molecular formula is C19H19N3O3S2. The largest absolute Gasteiger partial charge is 0.466 e. The number of aromatic nitrogens is 2. The molecule has 6 nitrogen and oxygen atoms in total. The fraction of sp³-hybridized carbons (Fsp3) is 0.211. The van der Waals surface area contributed by atoms with Crippen LogP contribution in [0.2, 0.25) is 0 Å². The number of amides is 1. The van der Waals surface area contributed by atoms with Gasteiger partial charge in [0.25, 0.3) is 5.19 Å². The molecule has 3 rings (SSSR count). The predicted octanol–water partition coefficient (Wildman–Crippen LogP) is 4.85. The van der Waals surface area contributed by atoms with E-state index in [2.05, 4.69) is 15.5 Å². The Kier molecular flexibility index (Phi) is 6.67. The second-order valence-corrected chi connectivity index (χ2v) is 7.94. The zero-order valence-electron chi connectivity index (χ0n) is 14.9. The first-order valence-corrected chi connectivity index (χ1v) is 10.1. The summed E-state index contributed by atoms with van der Waals surface area (Å²) >= 11 is 2.66. The van der Waals surface area contributed by atoms with Gasteiger partial charge in [0.1, 0.15) is 11.5 Å². The molecule has 1 aromatic heterocycles. The number of nitrogens with zero attached hydrogens (tertiary/aromatic N) is 2. The lowest BCUT2D eigenvalue weighted by atomic mass is 10.3. The Morgan fingerprint density at radius 1 is 1.07 bits per heavy atom. The highest BCUT2D eigenvalue weighted by Crippen LogP contribution is 2.28. The molecule has 1 N–H and O–H groups in total. The number of hydrogen-bond acceptors (Lipinski definition) is 7. The number of carbonyl (C=O) groups excluding carboxylic acids is 1. The number of hydrogen-bond donors (Lipinski definition) is 1. The standard InChI is InChI=1S/C19H19N3O3S2/c1-13(2)24-18-21-22-19(27-18)26-12-17(23)20-14-8-10-16(11-9-14)25-15-6-4-3-5-7-15/h3-11,13H,12H2,1-2H3,(H,20,23). The van der Waals surface area contributed by atoms with Gasteiger partial charge in [-0.25, -0.2) is 0 Å². The van der Waals surface area contributed by atoms with E-state index in [0.717, 1.165) is 5.75 Å². The van der Waals surface area contributed by atoms with E-state index in [1.165, 1.54) is 23.1 Å². The van der Waals surface area contributed by atoms with Gasteiger partial charge in [-0.1, -0.05) is 35.1 Å². The number of ether oxygens (including phenoxy) is 2. The molecule has 0 aliphatic carbocycles. The summed E-state index contributed by atoms with van der Waals surface area (Å²) in [6.45, 7) is 3.86. The van der Waals surface area contributed by atoms with Gasteiger partial charge in [0.2, 0.25) is 5.91 Å². The van der Waals surface area contributed by atoms with Gasteiger partial charge in [-0.05, 0) is 61.6 Å². The van der Waals surface area contributed by atoms with Crippen molar-refractivity contribution in [2.75, 3.05) is 11.1 Å². The van der Waals surface area contributed by atoms with E-state index in [1.54, 1.807) is 12.1 Å². The first-order chi connectivity index (χ1) is 13.1. The first kappa shape index (κ1) is 19.2. The minimum atomic E-state index is -0.113. The highest BCUT2D eigenvalue weighted by Gasteiger charge is 2.10. The summed E-state index contributed by atoms with van der Waals surface area (Å²) in [5.74, 6) is 1.61. The lowest BCUT2D eigenvalue weighted by molar-refractivity contribution is -0.113. The van der Waals surface area contributed by atoms with E-state index in [4.69, 9.17) is 9.47 Å². The fourth-order valence-electron chi connectivity index (χ4n) is 2.06. The van der Waals surface area contributed by atoms with Gasteiger partial charge in [0, 0.05) is 5.69 Å².